The molecule has 0 saturated heterocycles. The number of carbonyl (C=O) groups excluding carboxylic acids is 1. The third-order valence-corrected chi connectivity index (χ3v) is 5.72. The van der Waals surface area contributed by atoms with Gasteiger partial charge >= 0.3 is 0 Å². The van der Waals surface area contributed by atoms with Crippen molar-refractivity contribution in [2.75, 3.05) is 25.2 Å². The van der Waals surface area contributed by atoms with Gasteiger partial charge in [-0.15, -0.1) is 11.8 Å². The van der Waals surface area contributed by atoms with Crippen LogP contribution in [0, 0.1) is 0 Å². The maximum absolute atomic E-state index is 12.6. The summed E-state index contributed by atoms with van der Waals surface area (Å²) >= 11 is 2.81. The zero-order chi connectivity index (χ0) is 17.6. The first kappa shape index (κ1) is 18.1. The Bertz CT molecular complexity index is 789. The second-order valence-corrected chi connectivity index (χ2v) is 7.41. The van der Waals surface area contributed by atoms with Crippen molar-refractivity contribution in [2.45, 2.75) is 29.6 Å². The molecule has 3 rings (SSSR count). The third-order valence-electron chi connectivity index (χ3n) is 3.64. The average molecular weight is 381 g/mol. The van der Waals surface area contributed by atoms with E-state index in [2.05, 4.69) is 10.3 Å². The van der Waals surface area contributed by atoms with E-state index in [4.69, 9.17) is 9.15 Å². The largest absolute Gasteiger partial charge is 0.467 e. The molecule has 134 valence electrons. The minimum absolute atomic E-state index is 0.0388. The number of hydrogen-bond acceptors (Lipinski definition) is 7. The second-order valence-electron chi connectivity index (χ2n) is 5.36. The van der Waals surface area contributed by atoms with Gasteiger partial charge in [0.25, 0.3) is 5.56 Å². The van der Waals surface area contributed by atoms with E-state index in [1.165, 1.54) is 11.8 Å². The van der Waals surface area contributed by atoms with Gasteiger partial charge < -0.3 is 14.5 Å². The molecular weight excluding hydrogens is 362 g/mol. The molecule has 0 bridgehead atoms. The number of thioether (sulfide) groups is 2. The topological polar surface area (TPSA) is 86.4 Å². The minimum Gasteiger partial charge on any atom is -0.467 e. The lowest BCUT2D eigenvalue weighted by Gasteiger charge is -2.13. The highest BCUT2D eigenvalue weighted by Gasteiger charge is 2.22. The van der Waals surface area contributed by atoms with E-state index >= 15 is 0 Å². The lowest BCUT2D eigenvalue weighted by molar-refractivity contribution is -0.118. The average Bonchev–Trinajstić information content (AvgIpc) is 3.29. The van der Waals surface area contributed by atoms with Crippen molar-refractivity contribution in [3.05, 3.63) is 40.2 Å². The Kier molecular flexibility index (Phi) is 6.22. The number of nitrogens with one attached hydrogen (secondary N) is 1. The Morgan fingerprint density at radius 3 is 3.20 bits per heavy atom. The smallest absolute Gasteiger partial charge is 0.268 e. The molecule has 3 heterocycles. The first-order chi connectivity index (χ1) is 12.2. The monoisotopic (exact) mass is 381 g/mol. The van der Waals surface area contributed by atoms with Gasteiger partial charge in [-0.3, -0.25) is 14.2 Å². The van der Waals surface area contributed by atoms with Gasteiger partial charge in [0.15, 0.2) is 5.16 Å². The minimum atomic E-state index is -0.135. The predicted molar refractivity (Wildman–Crippen MR) is 96.1 cm³/mol. The van der Waals surface area contributed by atoms with Gasteiger partial charge in [0.05, 0.1) is 42.3 Å². The molecule has 0 spiro atoms. The summed E-state index contributed by atoms with van der Waals surface area (Å²) in [4.78, 5) is 30.0. The van der Waals surface area contributed by atoms with Gasteiger partial charge in [0, 0.05) is 19.3 Å². The molecule has 0 aromatic carbocycles. The van der Waals surface area contributed by atoms with Crippen LogP contribution in [0.1, 0.15) is 11.5 Å². The number of amides is 1. The van der Waals surface area contributed by atoms with Gasteiger partial charge in [-0.2, -0.15) is 0 Å². The molecule has 2 aromatic rings. The lowest BCUT2D eigenvalue weighted by Crippen LogP contribution is -2.28. The fraction of sp³-hybridized carbons (Fsp3) is 0.438. The van der Waals surface area contributed by atoms with Gasteiger partial charge in [-0.1, -0.05) is 11.8 Å². The van der Waals surface area contributed by atoms with E-state index in [1.54, 1.807) is 41.8 Å². The first-order valence-electron chi connectivity index (χ1n) is 7.86. The lowest BCUT2D eigenvalue weighted by atomic mass is 10.3. The van der Waals surface area contributed by atoms with Crippen LogP contribution in [0.5, 0.6) is 0 Å². The summed E-state index contributed by atoms with van der Waals surface area (Å²) in [5.74, 6) is 1.62. The Balaban J connectivity index is 1.67. The summed E-state index contributed by atoms with van der Waals surface area (Å²) in [5, 5.41) is 3.35. The highest BCUT2D eigenvalue weighted by Crippen LogP contribution is 2.28. The zero-order valence-electron chi connectivity index (χ0n) is 13.8. The van der Waals surface area contributed by atoms with Crippen LogP contribution in [0.25, 0.3) is 0 Å². The molecule has 2 aromatic heterocycles. The third kappa shape index (κ3) is 4.47. The van der Waals surface area contributed by atoms with E-state index in [9.17, 15) is 9.59 Å². The Hall–Kier alpha value is -1.71. The number of rotatable bonds is 8. The molecule has 0 aliphatic carbocycles. The van der Waals surface area contributed by atoms with Crippen LogP contribution in [-0.2, 0) is 29.0 Å². The molecule has 1 aliphatic rings. The quantitative estimate of drug-likeness (QED) is 0.548. The van der Waals surface area contributed by atoms with Gasteiger partial charge in [-0.05, 0) is 12.1 Å². The fourth-order valence-electron chi connectivity index (χ4n) is 2.39. The van der Waals surface area contributed by atoms with Gasteiger partial charge in [0.1, 0.15) is 5.76 Å². The number of fused-ring (bicyclic) bond motifs is 1. The summed E-state index contributed by atoms with van der Waals surface area (Å²) in [7, 11) is 1.59. The van der Waals surface area contributed by atoms with Crippen molar-refractivity contribution in [2.24, 2.45) is 0 Å². The number of nitrogens with zero attached hydrogens (tertiary/aromatic N) is 2. The normalized spacial score (nSPS) is 13.0. The van der Waals surface area contributed by atoms with E-state index in [0.29, 0.717) is 30.6 Å². The van der Waals surface area contributed by atoms with Crippen LogP contribution >= 0.6 is 23.5 Å². The van der Waals surface area contributed by atoms with Gasteiger partial charge in [-0.25, -0.2) is 4.98 Å². The summed E-state index contributed by atoms with van der Waals surface area (Å²) in [6.45, 7) is 1.19. The van der Waals surface area contributed by atoms with Crippen molar-refractivity contribution >= 4 is 29.4 Å². The number of hydrogen-bond donors (Lipinski definition) is 1. The van der Waals surface area contributed by atoms with Crippen LogP contribution in [0.2, 0.25) is 0 Å². The highest BCUT2D eigenvalue weighted by atomic mass is 32.2. The van der Waals surface area contributed by atoms with Crippen molar-refractivity contribution in [1.82, 2.24) is 14.9 Å². The van der Waals surface area contributed by atoms with E-state index in [1.807, 2.05) is 0 Å². The SMILES string of the molecule is COCCn1c(SCC(=O)NCc2ccco2)nc2c(c1=O)SCC2. The number of ether oxygens (including phenoxy) is 1. The van der Waals surface area contributed by atoms with Crippen LogP contribution < -0.4 is 10.9 Å². The molecule has 0 saturated carbocycles. The molecule has 0 fully saturated rings. The standard InChI is InChI=1S/C16H19N3O4S2/c1-22-7-5-19-15(21)14-12(4-8-24-14)18-16(19)25-10-13(20)17-9-11-3-2-6-23-11/h2-3,6H,4-5,7-10H2,1H3,(H,17,20). The zero-order valence-corrected chi connectivity index (χ0v) is 15.5. The maximum atomic E-state index is 12.6. The van der Waals surface area contributed by atoms with Crippen LogP contribution in [0.15, 0.2) is 37.7 Å². The number of aryl methyl sites for hydroxylation is 1. The van der Waals surface area contributed by atoms with Crippen LogP contribution in [-0.4, -0.2) is 40.7 Å². The highest BCUT2D eigenvalue weighted by molar-refractivity contribution is 8.00. The van der Waals surface area contributed by atoms with E-state index in [-0.39, 0.29) is 17.2 Å². The van der Waals surface area contributed by atoms with Crippen LogP contribution in [0.4, 0.5) is 0 Å². The molecule has 0 atom stereocenters. The molecular formula is C16H19N3O4S2. The fourth-order valence-corrected chi connectivity index (χ4v) is 4.31. The summed E-state index contributed by atoms with van der Waals surface area (Å²) in [5.41, 5.74) is 0.796. The molecule has 1 N–H and O–H groups in total. The Morgan fingerprint density at radius 1 is 1.56 bits per heavy atom. The Labute approximate surface area is 153 Å². The summed E-state index contributed by atoms with van der Waals surface area (Å²) < 4.78 is 11.9. The van der Waals surface area contributed by atoms with E-state index in [0.717, 1.165) is 22.8 Å². The number of aromatic nitrogens is 2. The molecule has 1 amide bonds. The first-order valence-corrected chi connectivity index (χ1v) is 9.83. The summed E-state index contributed by atoms with van der Waals surface area (Å²) in [6, 6.07) is 3.58. The number of methoxy groups -OCH3 is 1. The molecule has 0 unspecified atom stereocenters. The summed E-state index contributed by atoms with van der Waals surface area (Å²) in [6.07, 6.45) is 2.36. The van der Waals surface area contributed by atoms with Gasteiger partial charge in [0.2, 0.25) is 5.91 Å². The Morgan fingerprint density at radius 2 is 2.44 bits per heavy atom. The molecule has 25 heavy (non-hydrogen) atoms. The van der Waals surface area contributed by atoms with E-state index < -0.39 is 0 Å². The second kappa shape index (κ2) is 8.59. The molecule has 1 aliphatic heterocycles. The van der Waals surface area contributed by atoms with Crippen molar-refractivity contribution in [3.63, 3.8) is 0 Å². The van der Waals surface area contributed by atoms with Crippen molar-refractivity contribution in [1.29, 1.82) is 0 Å². The molecule has 9 heteroatoms. The van der Waals surface area contributed by atoms with Crippen molar-refractivity contribution < 1.29 is 13.9 Å². The number of carbonyl (C=O) groups is 1. The number of furan rings is 1. The molecule has 7 nitrogen and oxygen atoms in total. The van der Waals surface area contributed by atoms with Crippen molar-refractivity contribution in [3.8, 4) is 0 Å². The predicted octanol–water partition coefficient (Wildman–Crippen LogP) is 1.54. The van der Waals surface area contributed by atoms with Crippen LogP contribution in [0.3, 0.4) is 0 Å². The maximum Gasteiger partial charge on any atom is 0.268 e. The molecule has 0 radical (unpaired) electrons.